The Hall–Kier alpha value is -1.12. The molecule has 0 saturated heterocycles. The second-order valence-electron chi connectivity index (χ2n) is 3.94. The van der Waals surface area contributed by atoms with E-state index >= 15 is 0 Å². The summed E-state index contributed by atoms with van der Waals surface area (Å²) < 4.78 is 0. The molecule has 90 valence electrons. The minimum atomic E-state index is 0.583. The van der Waals surface area contributed by atoms with Crippen LogP contribution in [0.3, 0.4) is 0 Å². The smallest absolute Gasteiger partial charge is 0.123 e. The van der Waals surface area contributed by atoms with Gasteiger partial charge in [-0.3, -0.25) is 10.4 Å². The van der Waals surface area contributed by atoms with Gasteiger partial charge in [0.25, 0.3) is 0 Å². The van der Waals surface area contributed by atoms with Crippen LogP contribution in [0.25, 0.3) is 0 Å². The van der Waals surface area contributed by atoms with Gasteiger partial charge in [0.05, 0.1) is 0 Å². The van der Waals surface area contributed by atoms with Crippen LogP contribution >= 0.6 is 23.2 Å². The van der Waals surface area contributed by atoms with E-state index < -0.39 is 0 Å². The monoisotopic (exact) mass is 268 g/mol. The molecule has 0 saturated carbocycles. The van der Waals surface area contributed by atoms with Gasteiger partial charge in [0, 0.05) is 6.54 Å². The van der Waals surface area contributed by atoms with E-state index in [2.05, 4.69) is 30.5 Å². The molecule has 1 aliphatic rings. The van der Waals surface area contributed by atoms with Gasteiger partial charge in [0.1, 0.15) is 10.3 Å². The highest BCUT2D eigenvalue weighted by Crippen LogP contribution is 2.17. The van der Waals surface area contributed by atoms with E-state index in [1.165, 1.54) is 11.1 Å². The summed E-state index contributed by atoms with van der Waals surface area (Å²) in [5.41, 5.74) is 5.64. The number of aryl methyl sites for hydroxylation is 1. The summed E-state index contributed by atoms with van der Waals surface area (Å²) in [6.07, 6.45) is 4.46. The lowest BCUT2D eigenvalue weighted by atomic mass is 10.1. The van der Waals surface area contributed by atoms with Gasteiger partial charge in [-0.05, 0) is 36.6 Å². The van der Waals surface area contributed by atoms with Gasteiger partial charge in [0.2, 0.25) is 0 Å². The van der Waals surface area contributed by atoms with Crippen LogP contribution in [0.4, 0.5) is 0 Å². The molecule has 0 amide bonds. The zero-order valence-corrected chi connectivity index (χ0v) is 11.1. The molecule has 1 aromatic carbocycles. The molecule has 4 heteroatoms. The molecule has 0 fully saturated rings. The molecule has 0 unspecified atom stereocenters. The van der Waals surface area contributed by atoms with Crippen molar-refractivity contribution in [3.63, 3.8) is 0 Å². The molecular formula is C13H14Cl2N2. The van der Waals surface area contributed by atoms with E-state index in [1.807, 2.05) is 11.1 Å². The molecule has 0 radical (unpaired) electrons. The van der Waals surface area contributed by atoms with E-state index in [4.69, 9.17) is 23.2 Å². The van der Waals surface area contributed by atoms with Crippen LogP contribution in [0.1, 0.15) is 11.1 Å². The van der Waals surface area contributed by atoms with Crippen LogP contribution in [0.15, 0.2) is 46.7 Å². The number of hydrazine groups is 1. The van der Waals surface area contributed by atoms with Crippen molar-refractivity contribution in [2.24, 2.45) is 0 Å². The van der Waals surface area contributed by atoms with Gasteiger partial charge >= 0.3 is 0 Å². The number of hydrogen-bond acceptors (Lipinski definition) is 2. The van der Waals surface area contributed by atoms with Crippen molar-refractivity contribution in [2.75, 3.05) is 6.54 Å². The van der Waals surface area contributed by atoms with Crippen molar-refractivity contribution < 1.29 is 0 Å². The molecular weight excluding hydrogens is 255 g/mol. The maximum Gasteiger partial charge on any atom is 0.123 e. The van der Waals surface area contributed by atoms with Crippen molar-refractivity contribution in [1.29, 1.82) is 0 Å². The third-order valence-corrected chi connectivity index (χ3v) is 3.27. The van der Waals surface area contributed by atoms with E-state index in [9.17, 15) is 0 Å². The predicted molar refractivity (Wildman–Crippen MR) is 72.6 cm³/mol. The average Bonchev–Trinajstić information content (AvgIpc) is 2.32. The second kappa shape index (κ2) is 5.48. The predicted octanol–water partition coefficient (Wildman–Crippen LogP) is 3.52. The van der Waals surface area contributed by atoms with E-state index in [0.717, 1.165) is 13.0 Å². The molecule has 0 aromatic heterocycles. The van der Waals surface area contributed by atoms with E-state index in [-0.39, 0.29) is 0 Å². The van der Waals surface area contributed by atoms with Crippen LogP contribution in [0.2, 0.25) is 0 Å². The molecule has 0 bridgehead atoms. The Labute approximate surface area is 111 Å². The summed E-state index contributed by atoms with van der Waals surface area (Å²) in [6, 6.07) is 8.35. The zero-order chi connectivity index (χ0) is 12.3. The van der Waals surface area contributed by atoms with Gasteiger partial charge < -0.3 is 0 Å². The molecule has 2 nitrogen and oxygen atoms in total. The van der Waals surface area contributed by atoms with Crippen LogP contribution in [-0.2, 0) is 6.42 Å². The molecule has 0 spiro atoms. The fraction of sp³-hybridized carbons (Fsp3) is 0.231. The molecule has 1 N–H and O–H groups in total. The average molecular weight is 269 g/mol. The number of hydrogen-bond donors (Lipinski definition) is 1. The number of halogens is 2. The van der Waals surface area contributed by atoms with Crippen molar-refractivity contribution in [2.45, 2.75) is 13.3 Å². The summed E-state index contributed by atoms with van der Waals surface area (Å²) in [6.45, 7) is 2.90. The maximum absolute atomic E-state index is 6.08. The molecule has 1 aromatic rings. The van der Waals surface area contributed by atoms with Crippen LogP contribution < -0.4 is 5.43 Å². The minimum Gasteiger partial charge on any atom is -0.287 e. The quantitative estimate of drug-likeness (QED) is 0.844. The van der Waals surface area contributed by atoms with Gasteiger partial charge in [-0.25, -0.2) is 0 Å². The SMILES string of the molecule is Cc1ccccc1CCN1NC(Cl)=CC=C1Cl. The van der Waals surface area contributed by atoms with Crippen molar-refractivity contribution in [3.05, 3.63) is 57.9 Å². The minimum absolute atomic E-state index is 0.583. The lowest BCUT2D eigenvalue weighted by Gasteiger charge is -2.27. The third kappa shape index (κ3) is 3.18. The standard InChI is InChI=1S/C13H14Cl2N2/c1-10-4-2-3-5-11(10)8-9-17-13(15)7-6-12(14)16-17/h2-7,16H,8-9H2,1H3. The second-order valence-corrected chi connectivity index (χ2v) is 4.74. The molecule has 1 aliphatic heterocycles. The molecule has 2 rings (SSSR count). The van der Waals surface area contributed by atoms with Gasteiger partial charge in [0.15, 0.2) is 0 Å². The lowest BCUT2D eigenvalue weighted by molar-refractivity contribution is 0.300. The van der Waals surface area contributed by atoms with Crippen LogP contribution in [-0.4, -0.2) is 11.6 Å². The van der Waals surface area contributed by atoms with Crippen LogP contribution in [0, 0.1) is 6.92 Å². The zero-order valence-electron chi connectivity index (χ0n) is 9.58. The highest BCUT2D eigenvalue weighted by molar-refractivity contribution is 6.31. The normalized spacial score (nSPS) is 15.1. The highest BCUT2D eigenvalue weighted by atomic mass is 35.5. The summed E-state index contributed by atoms with van der Waals surface area (Å²) in [5, 5.41) is 3.08. The summed E-state index contributed by atoms with van der Waals surface area (Å²) in [4.78, 5) is 0. The first-order valence-corrected chi connectivity index (χ1v) is 6.24. The third-order valence-electron chi connectivity index (χ3n) is 2.73. The Bertz CT molecular complexity index is 466. The Morgan fingerprint density at radius 3 is 2.71 bits per heavy atom. The molecule has 0 aliphatic carbocycles. The van der Waals surface area contributed by atoms with Gasteiger partial charge in [-0.1, -0.05) is 47.5 Å². The first-order chi connectivity index (χ1) is 8.16. The Morgan fingerprint density at radius 1 is 1.18 bits per heavy atom. The Balaban J connectivity index is 1.98. The Morgan fingerprint density at radius 2 is 1.94 bits per heavy atom. The largest absolute Gasteiger partial charge is 0.287 e. The van der Waals surface area contributed by atoms with Crippen molar-refractivity contribution in [1.82, 2.24) is 10.4 Å². The van der Waals surface area contributed by atoms with Crippen LogP contribution in [0.5, 0.6) is 0 Å². The number of allylic oxidation sites excluding steroid dienone is 2. The maximum atomic E-state index is 6.08. The van der Waals surface area contributed by atoms with Gasteiger partial charge in [-0.2, -0.15) is 0 Å². The summed E-state index contributed by atoms with van der Waals surface area (Å²) in [5.74, 6) is 0. The summed E-state index contributed by atoms with van der Waals surface area (Å²) >= 11 is 12.0. The molecule has 0 atom stereocenters. The highest BCUT2D eigenvalue weighted by Gasteiger charge is 2.11. The van der Waals surface area contributed by atoms with Crippen molar-refractivity contribution in [3.8, 4) is 0 Å². The Kier molecular flexibility index (Phi) is 3.97. The first-order valence-electron chi connectivity index (χ1n) is 5.48. The molecule has 17 heavy (non-hydrogen) atoms. The summed E-state index contributed by atoms with van der Waals surface area (Å²) in [7, 11) is 0. The number of nitrogens with one attached hydrogen (secondary N) is 1. The lowest BCUT2D eigenvalue weighted by Crippen LogP contribution is -2.37. The van der Waals surface area contributed by atoms with E-state index in [0.29, 0.717) is 10.3 Å². The fourth-order valence-electron chi connectivity index (χ4n) is 1.74. The topological polar surface area (TPSA) is 15.3 Å². The fourth-order valence-corrected chi connectivity index (χ4v) is 2.09. The number of benzene rings is 1. The number of nitrogens with zero attached hydrogens (tertiary/aromatic N) is 1. The molecule has 1 heterocycles. The van der Waals surface area contributed by atoms with Gasteiger partial charge in [-0.15, -0.1) is 0 Å². The number of rotatable bonds is 3. The van der Waals surface area contributed by atoms with Crippen molar-refractivity contribution >= 4 is 23.2 Å². The first kappa shape index (κ1) is 12.3. The van der Waals surface area contributed by atoms with E-state index in [1.54, 1.807) is 12.2 Å².